The molecule has 114 valence electrons. The highest BCUT2D eigenvalue weighted by Crippen LogP contribution is 2.33. The van der Waals surface area contributed by atoms with Crippen molar-refractivity contribution >= 4 is 17.8 Å². The summed E-state index contributed by atoms with van der Waals surface area (Å²) in [4.78, 5) is 16.3. The lowest BCUT2D eigenvalue weighted by Gasteiger charge is -1.99. The Morgan fingerprint density at radius 3 is 2.87 bits per heavy atom. The van der Waals surface area contributed by atoms with Crippen molar-refractivity contribution in [2.45, 2.75) is 0 Å². The molecular weight excluding hydrogens is 299 g/mol. The number of aliphatic imine (C=N–C) groups is 1. The number of fused-ring (bicyclic) bond motifs is 1. The van der Waals surface area contributed by atoms with Crippen molar-refractivity contribution in [3.8, 4) is 11.5 Å². The van der Waals surface area contributed by atoms with Gasteiger partial charge in [-0.05, 0) is 35.9 Å². The highest BCUT2D eigenvalue weighted by molar-refractivity contribution is 6.19. The van der Waals surface area contributed by atoms with E-state index >= 15 is 0 Å². The fourth-order valence-corrected chi connectivity index (χ4v) is 2.40. The molecule has 6 heteroatoms. The number of ether oxygens (including phenoxy) is 2. The van der Waals surface area contributed by atoms with E-state index in [1.165, 1.54) is 12.1 Å². The zero-order valence-electron chi connectivity index (χ0n) is 11.9. The second kappa shape index (κ2) is 5.24. The Morgan fingerprint density at radius 1 is 1.13 bits per heavy atom. The van der Waals surface area contributed by atoms with Crippen molar-refractivity contribution in [1.29, 1.82) is 0 Å². The van der Waals surface area contributed by atoms with E-state index < -0.39 is 0 Å². The van der Waals surface area contributed by atoms with Crippen LogP contribution in [0, 0.1) is 5.82 Å². The third-order valence-corrected chi connectivity index (χ3v) is 3.49. The Balaban J connectivity index is 1.67. The normalized spacial score (nSPS) is 17.3. The van der Waals surface area contributed by atoms with Crippen LogP contribution in [0.3, 0.4) is 0 Å². The highest BCUT2D eigenvalue weighted by Gasteiger charge is 2.22. The molecule has 1 N–H and O–H groups in total. The van der Waals surface area contributed by atoms with E-state index in [0.29, 0.717) is 22.9 Å². The Bertz CT molecular complexity index is 874. The number of amidine groups is 1. The minimum atomic E-state index is -0.382. The van der Waals surface area contributed by atoms with Gasteiger partial charge in [0.1, 0.15) is 17.3 Å². The number of carbonyl (C=O) groups excluding carboxylic acids is 1. The molecule has 0 spiro atoms. The third-order valence-electron chi connectivity index (χ3n) is 3.49. The molecule has 0 aliphatic carbocycles. The number of amides is 1. The van der Waals surface area contributed by atoms with Crippen LogP contribution in [0.25, 0.3) is 6.08 Å². The molecule has 2 heterocycles. The fourth-order valence-electron chi connectivity index (χ4n) is 2.40. The van der Waals surface area contributed by atoms with Gasteiger partial charge in [0.2, 0.25) is 6.79 Å². The average molecular weight is 310 g/mol. The van der Waals surface area contributed by atoms with Gasteiger partial charge >= 0.3 is 0 Å². The van der Waals surface area contributed by atoms with Gasteiger partial charge in [-0.1, -0.05) is 18.2 Å². The van der Waals surface area contributed by atoms with Gasteiger partial charge < -0.3 is 14.8 Å². The summed E-state index contributed by atoms with van der Waals surface area (Å²) in [5.41, 5.74) is 1.54. The Hall–Kier alpha value is -3.15. The molecule has 0 radical (unpaired) electrons. The Kier molecular flexibility index (Phi) is 3.08. The van der Waals surface area contributed by atoms with E-state index in [2.05, 4.69) is 10.3 Å². The van der Waals surface area contributed by atoms with Crippen LogP contribution >= 0.6 is 0 Å². The standard InChI is InChI=1S/C17H11FN2O3/c18-12-3-1-2-11(8-12)16-19-13(17(21)20-16)6-10-4-5-14-15(7-10)23-9-22-14/h1-8H,9H2,(H,19,20,21)/b13-6-. The molecule has 0 unspecified atom stereocenters. The first kappa shape index (κ1) is 13.5. The van der Waals surface area contributed by atoms with E-state index in [1.54, 1.807) is 30.3 Å². The van der Waals surface area contributed by atoms with Gasteiger partial charge in [0, 0.05) is 5.56 Å². The summed E-state index contributed by atoms with van der Waals surface area (Å²) in [6.45, 7) is 0.192. The molecule has 0 atom stereocenters. The molecule has 0 bridgehead atoms. The Morgan fingerprint density at radius 2 is 2.00 bits per heavy atom. The van der Waals surface area contributed by atoms with Gasteiger partial charge in [0.15, 0.2) is 11.5 Å². The summed E-state index contributed by atoms with van der Waals surface area (Å²) in [5, 5.41) is 2.64. The van der Waals surface area contributed by atoms with Crippen molar-refractivity contribution < 1.29 is 18.7 Å². The van der Waals surface area contributed by atoms with Gasteiger partial charge in [-0.3, -0.25) is 4.79 Å². The largest absolute Gasteiger partial charge is 0.454 e. The van der Waals surface area contributed by atoms with Crippen LogP contribution in [0.4, 0.5) is 4.39 Å². The minimum absolute atomic E-state index is 0.192. The number of nitrogens with one attached hydrogen (secondary N) is 1. The summed E-state index contributed by atoms with van der Waals surface area (Å²) in [7, 11) is 0. The maximum Gasteiger partial charge on any atom is 0.275 e. The van der Waals surface area contributed by atoms with Crippen molar-refractivity contribution in [3.05, 3.63) is 65.1 Å². The summed E-state index contributed by atoms with van der Waals surface area (Å²) < 4.78 is 23.8. The van der Waals surface area contributed by atoms with Crippen LogP contribution < -0.4 is 14.8 Å². The molecular formula is C17H11FN2O3. The van der Waals surface area contributed by atoms with Gasteiger partial charge in [0.05, 0.1) is 0 Å². The molecule has 5 nitrogen and oxygen atoms in total. The first-order valence-electron chi connectivity index (χ1n) is 6.96. The number of benzene rings is 2. The van der Waals surface area contributed by atoms with Crippen LogP contribution in [0.2, 0.25) is 0 Å². The van der Waals surface area contributed by atoms with Gasteiger partial charge in [-0.15, -0.1) is 0 Å². The number of rotatable bonds is 2. The maximum atomic E-state index is 13.3. The summed E-state index contributed by atoms with van der Waals surface area (Å²) in [5.74, 6) is 0.926. The molecule has 2 aliphatic rings. The molecule has 0 fully saturated rings. The van der Waals surface area contributed by atoms with Crippen LogP contribution in [0.5, 0.6) is 11.5 Å². The molecule has 1 amide bonds. The average Bonchev–Trinajstić information content (AvgIpc) is 3.14. The van der Waals surface area contributed by atoms with Crippen molar-refractivity contribution in [3.63, 3.8) is 0 Å². The van der Waals surface area contributed by atoms with Crippen LogP contribution in [0.15, 0.2) is 53.2 Å². The number of nitrogens with zero attached hydrogens (tertiary/aromatic N) is 1. The lowest BCUT2D eigenvalue weighted by atomic mass is 10.1. The maximum absolute atomic E-state index is 13.3. The smallest absolute Gasteiger partial charge is 0.275 e. The third kappa shape index (κ3) is 2.55. The molecule has 2 aromatic rings. The van der Waals surface area contributed by atoms with Gasteiger partial charge in [0.25, 0.3) is 5.91 Å². The van der Waals surface area contributed by atoms with E-state index in [0.717, 1.165) is 5.56 Å². The topological polar surface area (TPSA) is 59.9 Å². The molecule has 0 saturated carbocycles. The molecule has 23 heavy (non-hydrogen) atoms. The molecule has 2 aromatic carbocycles. The zero-order chi connectivity index (χ0) is 15.8. The van der Waals surface area contributed by atoms with Crippen molar-refractivity contribution in [2.24, 2.45) is 4.99 Å². The number of hydrogen-bond acceptors (Lipinski definition) is 4. The van der Waals surface area contributed by atoms with Crippen molar-refractivity contribution in [1.82, 2.24) is 5.32 Å². The number of hydrogen-bond donors (Lipinski definition) is 1. The first-order chi connectivity index (χ1) is 11.2. The fraction of sp³-hybridized carbons (Fsp3) is 0.0588. The predicted octanol–water partition coefficient (Wildman–Crippen LogP) is 2.47. The first-order valence-corrected chi connectivity index (χ1v) is 6.96. The monoisotopic (exact) mass is 310 g/mol. The van der Waals surface area contributed by atoms with Crippen LogP contribution in [-0.2, 0) is 4.79 Å². The second-order valence-electron chi connectivity index (χ2n) is 5.07. The zero-order valence-corrected chi connectivity index (χ0v) is 11.9. The number of halogens is 1. The predicted molar refractivity (Wildman–Crippen MR) is 81.6 cm³/mol. The minimum Gasteiger partial charge on any atom is -0.454 e. The summed E-state index contributed by atoms with van der Waals surface area (Å²) in [6.07, 6.45) is 1.64. The molecule has 0 saturated heterocycles. The van der Waals surface area contributed by atoms with E-state index in [4.69, 9.17) is 9.47 Å². The molecule has 2 aliphatic heterocycles. The molecule has 4 rings (SSSR count). The number of carbonyl (C=O) groups is 1. The van der Waals surface area contributed by atoms with Gasteiger partial charge in [-0.25, -0.2) is 9.38 Å². The Labute approximate surface area is 131 Å². The molecule has 0 aromatic heterocycles. The van der Waals surface area contributed by atoms with E-state index in [9.17, 15) is 9.18 Å². The lowest BCUT2D eigenvalue weighted by Crippen LogP contribution is -2.24. The van der Waals surface area contributed by atoms with Crippen LogP contribution in [0.1, 0.15) is 11.1 Å². The summed E-state index contributed by atoms with van der Waals surface area (Å²) >= 11 is 0. The van der Waals surface area contributed by atoms with Crippen LogP contribution in [-0.4, -0.2) is 18.5 Å². The SMILES string of the molecule is O=C1NC(c2cccc(F)c2)=N/C1=C\c1ccc2c(c1)OCO2. The summed E-state index contributed by atoms with van der Waals surface area (Å²) in [6, 6.07) is 11.3. The highest BCUT2D eigenvalue weighted by atomic mass is 19.1. The van der Waals surface area contributed by atoms with Crippen molar-refractivity contribution in [2.75, 3.05) is 6.79 Å². The van der Waals surface area contributed by atoms with E-state index in [-0.39, 0.29) is 24.2 Å². The van der Waals surface area contributed by atoms with E-state index in [1.807, 2.05) is 6.07 Å². The lowest BCUT2D eigenvalue weighted by molar-refractivity contribution is -0.115. The van der Waals surface area contributed by atoms with Gasteiger partial charge in [-0.2, -0.15) is 0 Å². The quantitative estimate of drug-likeness (QED) is 0.867. The second-order valence-corrected chi connectivity index (χ2v) is 5.07.